The molecule has 16 heavy (non-hydrogen) atoms. The normalized spacial score (nSPS) is 18.3. The van der Waals surface area contributed by atoms with Gasteiger partial charge in [0.05, 0.1) is 12.4 Å². The first-order valence-electron chi connectivity index (χ1n) is 5.49. The fourth-order valence-electron chi connectivity index (χ4n) is 2.11. The van der Waals surface area contributed by atoms with Gasteiger partial charge in [-0.3, -0.25) is 9.78 Å². The highest BCUT2D eigenvalue weighted by Gasteiger charge is 2.30. The maximum Gasteiger partial charge on any atom is 0.271 e. The summed E-state index contributed by atoms with van der Waals surface area (Å²) in [6.45, 7) is 2.07. The van der Waals surface area contributed by atoms with Gasteiger partial charge in [0.15, 0.2) is 0 Å². The molecule has 1 aromatic rings. The van der Waals surface area contributed by atoms with Crippen LogP contribution in [0.25, 0.3) is 0 Å². The number of nitrogens with zero attached hydrogens (tertiary/aromatic N) is 2. The van der Waals surface area contributed by atoms with Crippen LogP contribution in [-0.2, 0) is 0 Å². The van der Waals surface area contributed by atoms with E-state index < -0.39 is 0 Å². The van der Waals surface area contributed by atoms with Crippen LogP contribution in [0.3, 0.4) is 0 Å². The highest BCUT2D eigenvalue weighted by Crippen LogP contribution is 2.28. The largest absolute Gasteiger partial charge is 0.382 e. The zero-order valence-corrected chi connectivity index (χ0v) is 9.36. The van der Waals surface area contributed by atoms with E-state index >= 15 is 0 Å². The Morgan fingerprint density at radius 2 is 2.12 bits per heavy atom. The molecule has 0 atom stereocenters. The summed E-state index contributed by atoms with van der Waals surface area (Å²) in [7, 11) is 0. The van der Waals surface area contributed by atoms with Crippen molar-refractivity contribution in [3.05, 3.63) is 18.1 Å². The van der Waals surface area contributed by atoms with Crippen molar-refractivity contribution < 1.29 is 4.79 Å². The van der Waals surface area contributed by atoms with Crippen molar-refractivity contribution in [2.75, 3.05) is 5.73 Å². The van der Waals surface area contributed by atoms with E-state index in [4.69, 9.17) is 5.73 Å². The summed E-state index contributed by atoms with van der Waals surface area (Å²) in [5.41, 5.74) is 5.68. The molecular formula is C11H16N4O. The molecule has 1 fully saturated rings. The minimum Gasteiger partial charge on any atom is -0.382 e. The van der Waals surface area contributed by atoms with Crippen molar-refractivity contribution in [1.82, 2.24) is 15.3 Å². The molecule has 0 aromatic carbocycles. The lowest BCUT2D eigenvalue weighted by atomic mass is 10.0. The molecule has 1 aliphatic rings. The maximum absolute atomic E-state index is 11.9. The summed E-state index contributed by atoms with van der Waals surface area (Å²) in [6, 6.07) is 0. The molecule has 2 rings (SSSR count). The van der Waals surface area contributed by atoms with E-state index in [1.165, 1.54) is 25.2 Å². The zero-order chi connectivity index (χ0) is 11.6. The summed E-state index contributed by atoms with van der Waals surface area (Å²) in [6.07, 6.45) is 7.24. The van der Waals surface area contributed by atoms with E-state index in [1.807, 2.05) is 0 Å². The lowest BCUT2D eigenvalue weighted by molar-refractivity contribution is 0.0902. The smallest absolute Gasteiger partial charge is 0.271 e. The van der Waals surface area contributed by atoms with Gasteiger partial charge in [0, 0.05) is 5.54 Å². The fraction of sp³-hybridized carbons (Fsp3) is 0.545. The number of carbonyl (C=O) groups is 1. The number of anilines is 1. The van der Waals surface area contributed by atoms with Gasteiger partial charge in [-0.2, -0.15) is 0 Å². The molecule has 0 spiro atoms. The van der Waals surface area contributed by atoms with Gasteiger partial charge in [-0.15, -0.1) is 0 Å². The highest BCUT2D eigenvalue weighted by atomic mass is 16.2. The molecular weight excluding hydrogens is 204 g/mol. The Labute approximate surface area is 94.5 Å². The fourth-order valence-corrected chi connectivity index (χ4v) is 2.11. The first-order valence-corrected chi connectivity index (χ1v) is 5.49. The molecule has 0 bridgehead atoms. The molecule has 5 heteroatoms. The quantitative estimate of drug-likeness (QED) is 0.782. The topological polar surface area (TPSA) is 80.9 Å². The molecule has 1 saturated carbocycles. The summed E-state index contributed by atoms with van der Waals surface area (Å²) in [4.78, 5) is 19.7. The molecule has 1 heterocycles. The second-order valence-electron chi connectivity index (χ2n) is 4.55. The summed E-state index contributed by atoms with van der Waals surface area (Å²) in [5, 5.41) is 3.00. The molecule has 0 saturated heterocycles. The van der Waals surface area contributed by atoms with Crippen molar-refractivity contribution in [2.24, 2.45) is 0 Å². The maximum atomic E-state index is 11.9. The Kier molecular flexibility index (Phi) is 2.77. The van der Waals surface area contributed by atoms with E-state index in [1.54, 1.807) is 0 Å². The van der Waals surface area contributed by atoms with Crippen LogP contribution in [0, 0.1) is 0 Å². The van der Waals surface area contributed by atoms with Gasteiger partial charge in [-0.1, -0.05) is 12.8 Å². The Balaban J connectivity index is 2.08. The lowest BCUT2D eigenvalue weighted by Crippen LogP contribution is -2.43. The molecule has 0 aliphatic heterocycles. The monoisotopic (exact) mass is 220 g/mol. The first kappa shape index (κ1) is 10.9. The van der Waals surface area contributed by atoms with Crippen LogP contribution < -0.4 is 11.1 Å². The third kappa shape index (κ3) is 2.29. The average molecular weight is 220 g/mol. The van der Waals surface area contributed by atoms with Gasteiger partial charge in [0.1, 0.15) is 11.5 Å². The van der Waals surface area contributed by atoms with Crippen LogP contribution in [0.1, 0.15) is 43.1 Å². The van der Waals surface area contributed by atoms with Crippen LogP contribution in [0.2, 0.25) is 0 Å². The van der Waals surface area contributed by atoms with Crippen molar-refractivity contribution in [3.63, 3.8) is 0 Å². The van der Waals surface area contributed by atoms with E-state index in [2.05, 4.69) is 22.2 Å². The first-order chi connectivity index (χ1) is 7.59. The SMILES string of the molecule is CC1(NC(=O)c2cncc(N)n2)CCCC1. The second-order valence-corrected chi connectivity index (χ2v) is 4.55. The van der Waals surface area contributed by atoms with Gasteiger partial charge in [-0.05, 0) is 19.8 Å². The van der Waals surface area contributed by atoms with Gasteiger partial charge in [-0.25, -0.2) is 4.98 Å². The summed E-state index contributed by atoms with van der Waals surface area (Å²) < 4.78 is 0. The molecule has 86 valence electrons. The van der Waals surface area contributed by atoms with Crippen molar-refractivity contribution in [2.45, 2.75) is 38.1 Å². The molecule has 0 radical (unpaired) electrons. The van der Waals surface area contributed by atoms with Gasteiger partial charge in [0.25, 0.3) is 5.91 Å². The Bertz CT molecular complexity index is 399. The second kappa shape index (κ2) is 4.08. The van der Waals surface area contributed by atoms with Gasteiger partial charge >= 0.3 is 0 Å². The molecule has 5 nitrogen and oxygen atoms in total. The summed E-state index contributed by atoms with van der Waals surface area (Å²) in [5.74, 6) is 0.0772. The van der Waals surface area contributed by atoms with Crippen molar-refractivity contribution in [1.29, 1.82) is 0 Å². The van der Waals surface area contributed by atoms with Crippen LogP contribution in [-0.4, -0.2) is 21.4 Å². The zero-order valence-electron chi connectivity index (χ0n) is 9.36. The number of nitrogens with one attached hydrogen (secondary N) is 1. The molecule has 1 aliphatic carbocycles. The van der Waals surface area contributed by atoms with E-state index in [0.29, 0.717) is 0 Å². The van der Waals surface area contributed by atoms with E-state index in [0.717, 1.165) is 12.8 Å². The predicted molar refractivity (Wildman–Crippen MR) is 60.8 cm³/mol. The van der Waals surface area contributed by atoms with Crippen molar-refractivity contribution in [3.8, 4) is 0 Å². The molecule has 3 N–H and O–H groups in total. The number of nitrogens with two attached hydrogens (primary N) is 1. The highest BCUT2D eigenvalue weighted by molar-refractivity contribution is 5.92. The molecule has 1 aromatic heterocycles. The Morgan fingerprint density at radius 1 is 1.44 bits per heavy atom. The predicted octanol–water partition coefficient (Wildman–Crippen LogP) is 1.12. The van der Waals surface area contributed by atoms with Crippen LogP contribution in [0.5, 0.6) is 0 Å². The summed E-state index contributed by atoms with van der Waals surface area (Å²) >= 11 is 0. The molecule has 1 amide bonds. The van der Waals surface area contributed by atoms with E-state index in [-0.39, 0.29) is 23.0 Å². The number of rotatable bonds is 2. The van der Waals surface area contributed by atoms with Gasteiger partial charge < -0.3 is 11.1 Å². The lowest BCUT2D eigenvalue weighted by Gasteiger charge is -2.24. The van der Waals surface area contributed by atoms with E-state index in [9.17, 15) is 4.79 Å². The van der Waals surface area contributed by atoms with Gasteiger partial charge in [0.2, 0.25) is 0 Å². The third-order valence-corrected chi connectivity index (χ3v) is 3.01. The number of aromatic nitrogens is 2. The van der Waals surface area contributed by atoms with Crippen molar-refractivity contribution >= 4 is 11.7 Å². The minimum atomic E-state index is -0.191. The Morgan fingerprint density at radius 3 is 2.75 bits per heavy atom. The Hall–Kier alpha value is -1.65. The standard InChI is InChI=1S/C11H16N4O/c1-11(4-2-3-5-11)15-10(16)8-6-13-7-9(12)14-8/h6-7H,2-5H2,1H3,(H2,12,14)(H,15,16). The van der Waals surface area contributed by atoms with Crippen LogP contribution in [0.15, 0.2) is 12.4 Å². The average Bonchev–Trinajstić information content (AvgIpc) is 2.65. The number of carbonyl (C=O) groups excluding carboxylic acids is 1. The number of hydrogen-bond donors (Lipinski definition) is 2. The number of amides is 1. The van der Waals surface area contributed by atoms with Crippen LogP contribution in [0.4, 0.5) is 5.82 Å². The number of hydrogen-bond acceptors (Lipinski definition) is 4. The molecule has 0 unspecified atom stereocenters. The van der Waals surface area contributed by atoms with Crippen LogP contribution >= 0.6 is 0 Å². The minimum absolute atomic E-state index is 0.0939. The third-order valence-electron chi connectivity index (χ3n) is 3.01. The number of nitrogen functional groups attached to an aromatic ring is 1.